The number of halogens is 1. The van der Waals surface area contributed by atoms with Crippen molar-refractivity contribution in [2.75, 3.05) is 6.54 Å². The summed E-state index contributed by atoms with van der Waals surface area (Å²) in [5.74, 6) is -0.549. The molecule has 1 heterocycles. The molecule has 0 radical (unpaired) electrons. The molecule has 0 saturated heterocycles. The number of rotatable bonds is 6. The van der Waals surface area contributed by atoms with Gasteiger partial charge in [-0.1, -0.05) is 27.7 Å². The van der Waals surface area contributed by atoms with Crippen molar-refractivity contribution in [2.24, 2.45) is 5.92 Å². The first-order valence-electron chi connectivity index (χ1n) is 8.48. The molecule has 1 amide bonds. The zero-order valence-corrected chi connectivity index (χ0v) is 15.4. The molecule has 2 N–H and O–H groups in total. The molecule has 1 aromatic heterocycles. The molecule has 0 saturated carbocycles. The van der Waals surface area contributed by atoms with Gasteiger partial charge >= 0.3 is 0 Å². The van der Waals surface area contributed by atoms with E-state index in [4.69, 9.17) is 0 Å². The van der Waals surface area contributed by atoms with Crippen LogP contribution < -0.4 is 5.32 Å². The van der Waals surface area contributed by atoms with E-state index in [1.807, 2.05) is 27.7 Å². The molecular formula is C19H26FN3O2. The van der Waals surface area contributed by atoms with Crippen LogP contribution in [-0.2, 0) is 0 Å². The van der Waals surface area contributed by atoms with Gasteiger partial charge in [0, 0.05) is 6.54 Å². The summed E-state index contributed by atoms with van der Waals surface area (Å²) >= 11 is 0. The van der Waals surface area contributed by atoms with Crippen LogP contribution in [0.25, 0.3) is 5.69 Å². The molecule has 0 aliphatic carbocycles. The molecule has 25 heavy (non-hydrogen) atoms. The minimum Gasteiger partial charge on any atom is -0.388 e. The smallest absolute Gasteiger partial charge is 0.254 e. The highest BCUT2D eigenvalue weighted by Gasteiger charge is 2.27. The predicted molar refractivity (Wildman–Crippen MR) is 95.4 cm³/mol. The van der Waals surface area contributed by atoms with Gasteiger partial charge in [0.25, 0.3) is 5.91 Å². The fraction of sp³-hybridized carbons (Fsp3) is 0.474. The van der Waals surface area contributed by atoms with Crippen molar-refractivity contribution in [2.45, 2.75) is 46.1 Å². The summed E-state index contributed by atoms with van der Waals surface area (Å²) in [6, 6.07) is 5.97. The van der Waals surface area contributed by atoms with E-state index >= 15 is 0 Å². The Labute approximate surface area is 147 Å². The van der Waals surface area contributed by atoms with E-state index in [9.17, 15) is 14.3 Å². The van der Waals surface area contributed by atoms with Gasteiger partial charge in [0.1, 0.15) is 5.82 Å². The maximum Gasteiger partial charge on any atom is 0.254 e. The van der Waals surface area contributed by atoms with Crippen LogP contribution in [0.15, 0.2) is 30.5 Å². The van der Waals surface area contributed by atoms with E-state index in [1.54, 1.807) is 23.7 Å². The summed E-state index contributed by atoms with van der Waals surface area (Å²) < 4.78 is 14.8. The van der Waals surface area contributed by atoms with Gasteiger partial charge in [-0.05, 0) is 43.0 Å². The SMILES string of the molecule is CC(C)c1c(C(=O)NCC(C)(O)C(C)C)cnn1-c1ccc(F)cc1. The van der Waals surface area contributed by atoms with E-state index in [-0.39, 0.29) is 30.1 Å². The first kappa shape index (κ1) is 19.1. The molecule has 0 aliphatic heterocycles. The van der Waals surface area contributed by atoms with Gasteiger partial charge < -0.3 is 10.4 Å². The van der Waals surface area contributed by atoms with Crippen molar-refractivity contribution < 1.29 is 14.3 Å². The van der Waals surface area contributed by atoms with Gasteiger partial charge in [-0.25, -0.2) is 9.07 Å². The van der Waals surface area contributed by atoms with Crippen LogP contribution in [0.4, 0.5) is 4.39 Å². The van der Waals surface area contributed by atoms with Gasteiger partial charge in [-0.15, -0.1) is 0 Å². The first-order valence-corrected chi connectivity index (χ1v) is 8.48. The lowest BCUT2D eigenvalue weighted by Crippen LogP contribution is -2.44. The Bertz CT molecular complexity index is 734. The maximum atomic E-state index is 13.2. The Hall–Kier alpha value is -2.21. The van der Waals surface area contributed by atoms with Crippen LogP contribution in [0.3, 0.4) is 0 Å². The van der Waals surface area contributed by atoms with Crippen molar-refractivity contribution in [1.82, 2.24) is 15.1 Å². The number of nitrogens with zero attached hydrogens (tertiary/aromatic N) is 2. The van der Waals surface area contributed by atoms with Gasteiger partial charge in [0.2, 0.25) is 0 Å². The van der Waals surface area contributed by atoms with E-state index in [2.05, 4.69) is 10.4 Å². The molecule has 1 atom stereocenters. The number of amides is 1. The molecule has 5 nitrogen and oxygen atoms in total. The lowest BCUT2D eigenvalue weighted by molar-refractivity contribution is 0.0142. The minimum absolute atomic E-state index is 0.0132. The summed E-state index contributed by atoms with van der Waals surface area (Å²) in [5, 5.41) is 17.4. The topological polar surface area (TPSA) is 67.2 Å². The van der Waals surface area contributed by atoms with Crippen LogP contribution in [0.2, 0.25) is 0 Å². The standard InChI is InChI=1S/C19H26FN3O2/c1-12(2)17-16(18(24)21-11-19(5,25)13(3)4)10-22-23(17)15-8-6-14(20)7-9-15/h6-10,12-13,25H,11H2,1-5H3,(H,21,24). The second kappa shape index (κ2) is 7.35. The summed E-state index contributed by atoms with van der Waals surface area (Å²) in [6.07, 6.45) is 1.51. The summed E-state index contributed by atoms with van der Waals surface area (Å²) in [4.78, 5) is 12.6. The van der Waals surface area contributed by atoms with E-state index < -0.39 is 5.60 Å². The molecule has 2 aromatic rings. The largest absolute Gasteiger partial charge is 0.388 e. The van der Waals surface area contributed by atoms with Gasteiger partial charge in [-0.2, -0.15) is 5.10 Å². The molecule has 0 bridgehead atoms. The lowest BCUT2D eigenvalue weighted by atomic mass is 9.92. The van der Waals surface area contributed by atoms with Crippen LogP contribution in [0.1, 0.15) is 56.6 Å². The number of benzene rings is 1. The van der Waals surface area contributed by atoms with Crippen molar-refractivity contribution >= 4 is 5.91 Å². The van der Waals surface area contributed by atoms with Crippen LogP contribution >= 0.6 is 0 Å². The number of aliphatic hydroxyl groups is 1. The van der Waals surface area contributed by atoms with E-state index in [1.165, 1.54) is 18.3 Å². The molecular weight excluding hydrogens is 321 g/mol. The van der Waals surface area contributed by atoms with E-state index in [0.29, 0.717) is 11.3 Å². The summed E-state index contributed by atoms with van der Waals surface area (Å²) in [7, 11) is 0. The maximum absolute atomic E-state index is 13.2. The van der Waals surface area contributed by atoms with Gasteiger partial charge in [-0.3, -0.25) is 4.79 Å². The normalized spacial score (nSPS) is 14.0. The average Bonchev–Trinajstić information content (AvgIpc) is 2.98. The third kappa shape index (κ3) is 4.25. The lowest BCUT2D eigenvalue weighted by Gasteiger charge is -2.27. The second-order valence-electron chi connectivity index (χ2n) is 7.18. The number of aromatic nitrogens is 2. The molecule has 0 spiro atoms. The van der Waals surface area contributed by atoms with Crippen molar-refractivity contribution in [3.8, 4) is 5.69 Å². The highest BCUT2D eigenvalue weighted by molar-refractivity contribution is 5.95. The number of carbonyl (C=O) groups is 1. The average molecular weight is 347 g/mol. The third-order valence-electron chi connectivity index (χ3n) is 4.52. The van der Waals surface area contributed by atoms with Crippen molar-refractivity contribution in [3.63, 3.8) is 0 Å². The Morgan fingerprint density at radius 3 is 2.40 bits per heavy atom. The third-order valence-corrected chi connectivity index (χ3v) is 4.52. The quantitative estimate of drug-likeness (QED) is 0.843. The van der Waals surface area contributed by atoms with Crippen molar-refractivity contribution in [1.29, 1.82) is 0 Å². The number of hydrogen-bond donors (Lipinski definition) is 2. The number of carbonyl (C=O) groups excluding carboxylic acids is 1. The number of nitrogens with one attached hydrogen (secondary N) is 1. The fourth-order valence-electron chi connectivity index (χ4n) is 2.44. The van der Waals surface area contributed by atoms with E-state index in [0.717, 1.165) is 5.69 Å². The van der Waals surface area contributed by atoms with Crippen LogP contribution in [0, 0.1) is 11.7 Å². The zero-order chi connectivity index (χ0) is 18.8. The van der Waals surface area contributed by atoms with Gasteiger partial charge in [0.05, 0.1) is 28.7 Å². The number of hydrogen-bond acceptors (Lipinski definition) is 3. The van der Waals surface area contributed by atoms with Crippen molar-refractivity contribution in [3.05, 3.63) is 47.5 Å². The minimum atomic E-state index is -0.986. The zero-order valence-electron chi connectivity index (χ0n) is 15.4. The molecule has 1 unspecified atom stereocenters. The fourth-order valence-corrected chi connectivity index (χ4v) is 2.44. The predicted octanol–water partition coefficient (Wildman–Crippen LogP) is 3.27. The summed E-state index contributed by atoms with van der Waals surface area (Å²) in [6.45, 7) is 9.60. The Morgan fingerprint density at radius 2 is 1.88 bits per heavy atom. The Kier molecular flexibility index (Phi) is 5.62. The monoisotopic (exact) mass is 347 g/mol. The molecule has 0 fully saturated rings. The molecule has 2 rings (SSSR count). The van der Waals surface area contributed by atoms with Gasteiger partial charge in [0.15, 0.2) is 0 Å². The first-order chi connectivity index (χ1) is 11.6. The molecule has 0 aliphatic rings. The molecule has 1 aromatic carbocycles. The highest BCUT2D eigenvalue weighted by Crippen LogP contribution is 2.23. The summed E-state index contributed by atoms with van der Waals surface area (Å²) in [5.41, 5.74) is 0.908. The second-order valence-corrected chi connectivity index (χ2v) is 7.18. The molecule has 136 valence electrons. The van der Waals surface area contributed by atoms with Crippen LogP contribution in [0.5, 0.6) is 0 Å². The Balaban J connectivity index is 2.30. The van der Waals surface area contributed by atoms with Crippen LogP contribution in [-0.4, -0.2) is 32.9 Å². The molecule has 6 heteroatoms. The highest BCUT2D eigenvalue weighted by atomic mass is 19.1. The Morgan fingerprint density at radius 1 is 1.28 bits per heavy atom.